The van der Waals surface area contributed by atoms with Gasteiger partial charge in [-0.05, 0) is 31.7 Å². The number of carbonyl (C=O) groups is 2. The fraction of sp³-hybridized carbons (Fsp3) is 0.619. The zero-order chi connectivity index (χ0) is 19.6. The predicted molar refractivity (Wildman–Crippen MR) is 106 cm³/mol. The second-order valence-corrected chi connectivity index (χ2v) is 8.32. The van der Waals surface area contributed by atoms with Crippen LogP contribution in [0.5, 0.6) is 5.75 Å². The first-order valence-corrected chi connectivity index (χ1v) is 10.4. The summed E-state index contributed by atoms with van der Waals surface area (Å²) in [6.07, 6.45) is 6.57. The van der Waals surface area contributed by atoms with Gasteiger partial charge in [0, 0.05) is 38.2 Å². The number of nitrogens with one attached hydrogen (secondary N) is 1. The van der Waals surface area contributed by atoms with Gasteiger partial charge in [-0.25, -0.2) is 4.79 Å². The Balaban J connectivity index is 1.43. The topological polar surface area (TPSA) is 87.9 Å². The van der Waals surface area contributed by atoms with Crippen molar-refractivity contribution in [3.05, 3.63) is 29.8 Å². The molecular weight excluding hydrogens is 356 g/mol. The van der Waals surface area contributed by atoms with E-state index in [1.807, 2.05) is 28.0 Å². The Labute approximate surface area is 166 Å². The Morgan fingerprint density at radius 1 is 1.11 bits per heavy atom. The van der Waals surface area contributed by atoms with E-state index in [2.05, 4.69) is 11.4 Å². The number of para-hydroxylation sites is 1. The zero-order valence-electron chi connectivity index (χ0n) is 16.4. The Hall–Kier alpha value is -2.28. The van der Waals surface area contributed by atoms with E-state index in [0.29, 0.717) is 26.2 Å². The number of rotatable bonds is 3. The number of carbonyl (C=O) groups excluding carboxylic acids is 2. The lowest BCUT2D eigenvalue weighted by atomic mass is 9.77. The molecule has 1 aromatic carbocycles. The zero-order valence-corrected chi connectivity index (χ0v) is 16.4. The first-order chi connectivity index (χ1) is 13.5. The molecule has 1 aromatic rings. The van der Waals surface area contributed by atoms with E-state index >= 15 is 0 Å². The van der Waals surface area contributed by atoms with E-state index in [1.54, 1.807) is 0 Å². The number of urea groups is 1. The van der Waals surface area contributed by atoms with Crippen LogP contribution in [-0.4, -0.2) is 60.1 Å². The van der Waals surface area contributed by atoms with Gasteiger partial charge in [-0.2, -0.15) is 0 Å². The summed E-state index contributed by atoms with van der Waals surface area (Å²) >= 11 is 0. The highest BCUT2D eigenvalue weighted by Crippen LogP contribution is 2.46. The van der Waals surface area contributed by atoms with Crippen LogP contribution in [0.15, 0.2) is 24.3 Å². The molecule has 28 heavy (non-hydrogen) atoms. The highest BCUT2D eigenvalue weighted by molar-refractivity contribution is 5.76. The summed E-state index contributed by atoms with van der Waals surface area (Å²) in [5.41, 5.74) is 6.19. The second-order valence-electron chi connectivity index (χ2n) is 8.32. The molecule has 0 unspecified atom stereocenters. The summed E-state index contributed by atoms with van der Waals surface area (Å²) in [4.78, 5) is 27.9. The summed E-state index contributed by atoms with van der Waals surface area (Å²) in [6.45, 7) is 2.81. The quantitative estimate of drug-likeness (QED) is 0.832. The molecule has 0 radical (unpaired) electrons. The molecule has 1 spiro atoms. The summed E-state index contributed by atoms with van der Waals surface area (Å²) in [7, 11) is 0. The summed E-state index contributed by atoms with van der Waals surface area (Å²) in [6, 6.07) is 8.01. The van der Waals surface area contributed by atoms with Crippen LogP contribution in [-0.2, 0) is 4.79 Å². The maximum Gasteiger partial charge on any atom is 0.317 e. The lowest BCUT2D eigenvalue weighted by molar-refractivity contribution is -0.119. The van der Waals surface area contributed by atoms with Gasteiger partial charge in [0.15, 0.2) is 0 Å². The maximum atomic E-state index is 12.9. The third-order valence-corrected chi connectivity index (χ3v) is 6.30. The standard InChI is InChI=1S/C21H30N4O3/c22-19(26)15-24-10-12-25(13-11-24)20(27)23-17-14-21(8-4-1-5-9-21)28-18-7-3-2-6-16(17)18/h2-3,6-7,17H,1,4-5,8-15H2,(H2,22,26)(H,23,27)/t17-/m1/s1. The highest BCUT2D eigenvalue weighted by Gasteiger charge is 2.42. The van der Waals surface area contributed by atoms with Gasteiger partial charge in [0.05, 0.1) is 12.6 Å². The predicted octanol–water partition coefficient (Wildman–Crippen LogP) is 2.03. The minimum Gasteiger partial charge on any atom is -0.487 e. The number of ether oxygens (including phenoxy) is 1. The number of hydrogen-bond acceptors (Lipinski definition) is 4. The molecule has 0 bridgehead atoms. The summed E-state index contributed by atoms with van der Waals surface area (Å²) in [5, 5.41) is 3.27. The van der Waals surface area contributed by atoms with Crippen molar-refractivity contribution in [3.63, 3.8) is 0 Å². The average molecular weight is 386 g/mol. The van der Waals surface area contributed by atoms with Gasteiger partial charge < -0.3 is 20.7 Å². The van der Waals surface area contributed by atoms with Crippen LogP contribution in [0.4, 0.5) is 4.79 Å². The number of benzene rings is 1. The van der Waals surface area contributed by atoms with Crippen molar-refractivity contribution >= 4 is 11.9 Å². The first-order valence-electron chi connectivity index (χ1n) is 10.4. The largest absolute Gasteiger partial charge is 0.487 e. The Morgan fingerprint density at radius 2 is 1.82 bits per heavy atom. The second kappa shape index (κ2) is 7.99. The molecule has 3 aliphatic rings. The van der Waals surface area contributed by atoms with Gasteiger partial charge >= 0.3 is 6.03 Å². The number of nitrogens with zero attached hydrogens (tertiary/aromatic N) is 2. The molecule has 2 heterocycles. The van der Waals surface area contributed by atoms with Crippen LogP contribution in [0.1, 0.15) is 50.1 Å². The minimum atomic E-state index is -0.325. The molecule has 1 aliphatic carbocycles. The maximum absolute atomic E-state index is 12.9. The van der Waals surface area contributed by atoms with Crippen LogP contribution < -0.4 is 15.8 Å². The van der Waals surface area contributed by atoms with Crippen LogP contribution in [0, 0.1) is 0 Å². The van der Waals surface area contributed by atoms with E-state index < -0.39 is 0 Å². The van der Waals surface area contributed by atoms with Gasteiger partial charge in [-0.3, -0.25) is 9.69 Å². The molecular formula is C21H30N4O3. The number of hydrogen-bond donors (Lipinski definition) is 2. The Kier molecular flexibility index (Phi) is 5.44. The van der Waals surface area contributed by atoms with E-state index in [0.717, 1.165) is 30.6 Å². The van der Waals surface area contributed by atoms with Crippen molar-refractivity contribution in [1.29, 1.82) is 0 Å². The van der Waals surface area contributed by atoms with Gasteiger partial charge in [-0.1, -0.05) is 24.6 Å². The monoisotopic (exact) mass is 386 g/mol. The lowest BCUT2D eigenvalue weighted by Gasteiger charge is -2.45. The number of nitrogens with two attached hydrogens (primary N) is 1. The number of primary amides is 1. The molecule has 7 nitrogen and oxygen atoms in total. The van der Waals surface area contributed by atoms with Crippen LogP contribution in [0.3, 0.4) is 0 Å². The van der Waals surface area contributed by atoms with E-state index in [-0.39, 0.29) is 30.1 Å². The van der Waals surface area contributed by atoms with E-state index in [9.17, 15) is 9.59 Å². The van der Waals surface area contributed by atoms with Gasteiger partial charge in [0.2, 0.25) is 5.91 Å². The molecule has 7 heteroatoms. The molecule has 1 atom stereocenters. The molecule has 3 N–H and O–H groups in total. The van der Waals surface area contributed by atoms with Crippen molar-refractivity contribution in [3.8, 4) is 5.75 Å². The third kappa shape index (κ3) is 4.09. The van der Waals surface area contributed by atoms with Crippen LogP contribution in [0.2, 0.25) is 0 Å². The van der Waals surface area contributed by atoms with Gasteiger partial charge in [-0.15, -0.1) is 0 Å². The Bertz CT molecular complexity index is 724. The summed E-state index contributed by atoms with van der Waals surface area (Å²) < 4.78 is 6.45. The van der Waals surface area contributed by atoms with E-state index in [4.69, 9.17) is 10.5 Å². The molecule has 2 aliphatic heterocycles. The number of piperazine rings is 1. The molecule has 1 saturated carbocycles. The van der Waals surface area contributed by atoms with Gasteiger partial charge in [0.1, 0.15) is 11.4 Å². The van der Waals surface area contributed by atoms with Crippen molar-refractivity contribution in [2.45, 2.75) is 50.2 Å². The van der Waals surface area contributed by atoms with Crippen LogP contribution in [0.25, 0.3) is 0 Å². The molecule has 3 amide bonds. The van der Waals surface area contributed by atoms with Crippen molar-refractivity contribution < 1.29 is 14.3 Å². The molecule has 152 valence electrons. The highest BCUT2D eigenvalue weighted by atomic mass is 16.5. The molecule has 1 saturated heterocycles. The fourth-order valence-corrected chi connectivity index (χ4v) is 4.82. The third-order valence-electron chi connectivity index (χ3n) is 6.30. The van der Waals surface area contributed by atoms with E-state index in [1.165, 1.54) is 19.3 Å². The lowest BCUT2D eigenvalue weighted by Crippen LogP contribution is -2.54. The smallest absolute Gasteiger partial charge is 0.317 e. The Morgan fingerprint density at radius 3 is 2.54 bits per heavy atom. The number of fused-ring (bicyclic) bond motifs is 1. The van der Waals surface area contributed by atoms with Gasteiger partial charge in [0.25, 0.3) is 0 Å². The molecule has 4 rings (SSSR count). The van der Waals surface area contributed by atoms with Crippen molar-refractivity contribution in [2.75, 3.05) is 32.7 Å². The minimum absolute atomic E-state index is 0.0285. The number of amides is 3. The first kappa shape index (κ1) is 19.1. The normalized spacial score (nSPS) is 24.3. The summed E-state index contributed by atoms with van der Waals surface area (Å²) in [5.74, 6) is 0.585. The van der Waals surface area contributed by atoms with Crippen molar-refractivity contribution in [2.24, 2.45) is 5.73 Å². The van der Waals surface area contributed by atoms with Crippen molar-refractivity contribution in [1.82, 2.24) is 15.1 Å². The SMILES string of the molecule is NC(=O)CN1CCN(C(=O)N[C@@H]2CC3(CCCCC3)Oc3ccccc32)CC1. The average Bonchev–Trinajstić information content (AvgIpc) is 2.68. The fourth-order valence-electron chi connectivity index (χ4n) is 4.82. The molecule has 2 fully saturated rings. The molecule has 0 aromatic heterocycles. The van der Waals surface area contributed by atoms with Crippen LogP contribution >= 0.6 is 0 Å².